The highest BCUT2D eigenvalue weighted by Gasteiger charge is 2.14. The van der Waals surface area contributed by atoms with E-state index in [1.54, 1.807) is 0 Å². The van der Waals surface area contributed by atoms with Gasteiger partial charge in [-0.3, -0.25) is 4.98 Å². The van der Waals surface area contributed by atoms with Crippen LogP contribution in [0.5, 0.6) is 0 Å². The molecule has 1 aromatic carbocycles. The molecule has 1 aromatic heterocycles. The van der Waals surface area contributed by atoms with E-state index in [-0.39, 0.29) is 0 Å². The molecule has 2 aromatic rings. The molecule has 0 spiro atoms. The summed E-state index contributed by atoms with van der Waals surface area (Å²) in [4.78, 5) is 4.65. The Morgan fingerprint density at radius 2 is 2.16 bits per heavy atom. The number of aryl methyl sites for hydroxylation is 2. The third kappa shape index (κ3) is 2.79. The predicted molar refractivity (Wildman–Crippen MR) is 80.5 cm³/mol. The molecule has 1 unspecified atom stereocenters. The topological polar surface area (TPSA) is 24.9 Å². The number of fused-ring (bicyclic) bond motifs is 1. The van der Waals surface area contributed by atoms with Gasteiger partial charge >= 0.3 is 0 Å². The fourth-order valence-electron chi connectivity index (χ4n) is 3.17. The standard InChI is InChI=1S/C17H22N2/c1-12-6-13(2)16-9-15(11-19-17(16)7-12)8-14-4-3-5-18-10-14/h6-7,9,11,14,18H,3-5,8,10H2,1-2H3. The first-order chi connectivity index (χ1) is 9.22. The largest absolute Gasteiger partial charge is 0.316 e. The molecule has 1 atom stereocenters. The van der Waals surface area contributed by atoms with Crippen LogP contribution in [0.1, 0.15) is 29.5 Å². The normalized spacial score (nSPS) is 19.8. The van der Waals surface area contributed by atoms with Gasteiger partial charge in [0, 0.05) is 11.6 Å². The van der Waals surface area contributed by atoms with Gasteiger partial charge in [-0.2, -0.15) is 0 Å². The lowest BCUT2D eigenvalue weighted by Gasteiger charge is -2.22. The lowest BCUT2D eigenvalue weighted by molar-refractivity contribution is 0.376. The summed E-state index contributed by atoms with van der Waals surface area (Å²) in [5, 5.41) is 4.80. The molecule has 1 aliphatic rings. The molecule has 0 amide bonds. The van der Waals surface area contributed by atoms with Crippen molar-refractivity contribution in [3.8, 4) is 0 Å². The zero-order valence-corrected chi connectivity index (χ0v) is 11.9. The van der Waals surface area contributed by atoms with Crippen molar-refractivity contribution in [2.45, 2.75) is 33.1 Å². The van der Waals surface area contributed by atoms with Crippen LogP contribution in [0.3, 0.4) is 0 Å². The number of hydrogen-bond acceptors (Lipinski definition) is 2. The maximum Gasteiger partial charge on any atom is 0.0707 e. The molecule has 100 valence electrons. The molecule has 0 aliphatic carbocycles. The molecule has 0 saturated carbocycles. The van der Waals surface area contributed by atoms with Crippen LogP contribution in [-0.4, -0.2) is 18.1 Å². The van der Waals surface area contributed by atoms with Crippen molar-refractivity contribution >= 4 is 10.9 Å². The molecule has 2 heteroatoms. The van der Waals surface area contributed by atoms with E-state index >= 15 is 0 Å². The maximum atomic E-state index is 4.65. The third-order valence-corrected chi connectivity index (χ3v) is 4.13. The summed E-state index contributed by atoms with van der Waals surface area (Å²) in [5.74, 6) is 0.777. The summed E-state index contributed by atoms with van der Waals surface area (Å²) in [5.41, 5.74) is 5.14. The van der Waals surface area contributed by atoms with Crippen molar-refractivity contribution < 1.29 is 0 Å². The second-order valence-corrected chi connectivity index (χ2v) is 5.91. The molecule has 0 bridgehead atoms. The molecule has 2 nitrogen and oxygen atoms in total. The Morgan fingerprint density at radius 1 is 1.26 bits per heavy atom. The van der Waals surface area contributed by atoms with E-state index in [1.165, 1.54) is 41.5 Å². The number of piperidine rings is 1. The smallest absolute Gasteiger partial charge is 0.0707 e. The van der Waals surface area contributed by atoms with E-state index in [0.29, 0.717) is 0 Å². The van der Waals surface area contributed by atoms with Crippen LogP contribution in [0.15, 0.2) is 24.4 Å². The average molecular weight is 254 g/mol. The van der Waals surface area contributed by atoms with Gasteiger partial charge < -0.3 is 5.32 Å². The van der Waals surface area contributed by atoms with Crippen molar-refractivity contribution in [2.75, 3.05) is 13.1 Å². The maximum absolute atomic E-state index is 4.65. The molecule has 3 rings (SSSR count). The first-order valence-corrected chi connectivity index (χ1v) is 7.29. The number of benzene rings is 1. The van der Waals surface area contributed by atoms with Crippen molar-refractivity contribution in [1.82, 2.24) is 10.3 Å². The molecular weight excluding hydrogens is 232 g/mol. The first kappa shape index (κ1) is 12.6. The Bertz CT molecular complexity index is 583. The summed E-state index contributed by atoms with van der Waals surface area (Å²) < 4.78 is 0. The van der Waals surface area contributed by atoms with E-state index in [2.05, 4.69) is 48.5 Å². The average Bonchev–Trinajstić information content (AvgIpc) is 2.40. The Kier molecular flexibility index (Phi) is 3.52. The number of pyridine rings is 1. The molecule has 1 N–H and O–H groups in total. The van der Waals surface area contributed by atoms with Gasteiger partial charge in [-0.25, -0.2) is 0 Å². The highest BCUT2D eigenvalue weighted by molar-refractivity contribution is 5.83. The zero-order valence-electron chi connectivity index (χ0n) is 11.9. The highest BCUT2D eigenvalue weighted by atomic mass is 14.9. The Morgan fingerprint density at radius 3 is 2.95 bits per heavy atom. The molecule has 1 saturated heterocycles. The van der Waals surface area contributed by atoms with Gasteiger partial charge in [-0.15, -0.1) is 0 Å². The van der Waals surface area contributed by atoms with Crippen LogP contribution < -0.4 is 5.32 Å². The minimum absolute atomic E-state index is 0.777. The summed E-state index contributed by atoms with van der Waals surface area (Å²) in [7, 11) is 0. The fraction of sp³-hybridized carbons (Fsp3) is 0.471. The van der Waals surface area contributed by atoms with Gasteiger partial charge in [-0.1, -0.05) is 6.07 Å². The fourth-order valence-corrected chi connectivity index (χ4v) is 3.17. The van der Waals surface area contributed by atoms with Crippen molar-refractivity contribution in [3.63, 3.8) is 0 Å². The molecule has 19 heavy (non-hydrogen) atoms. The van der Waals surface area contributed by atoms with Gasteiger partial charge in [-0.05, 0) is 80.9 Å². The lowest BCUT2D eigenvalue weighted by atomic mass is 9.92. The predicted octanol–water partition coefficient (Wildman–Crippen LogP) is 3.39. The Labute approximate surface area is 115 Å². The van der Waals surface area contributed by atoms with Crippen molar-refractivity contribution in [1.29, 1.82) is 0 Å². The van der Waals surface area contributed by atoms with Crippen molar-refractivity contribution in [3.05, 3.63) is 41.1 Å². The van der Waals surface area contributed by atoms with Crippen LogP contribution in [-0.2, 0) is 6.42 Å². The number of hydrogen-bond donors (Lipinski definition) is 1. The lowest BCUT2D eigenvalue weighted by Crippen LogP contribution is -2.30. The SMILES string of the molecule is Cc1cc(C)c2cc(CC3CCCNC3)cnc2c1. The number of nitrogens with zero attached hydrogens (tertiary/aromatic N) is 1. The van der Waals surface area contributed by atoms with E-state index in [9.17, 15) is 0 Å². The molecule has 0 radical (unpaired) electrons. The van der Waals surface area contributed by atoms with Crippen LogP contribution in [0, 0.1) is 19.8 Å². The second-order valence-electron chi connectivity index (χ2n) is 5.91. The zero-order chi connectivity index (χ0) is 13.2. The number of rotatable bonds is 2. The van der Waals surface area contributed by atoms with Crippen LogP contribution in [0.25, 0.3) is 10.9 Å². The van der Waals surface area contributed by atoms with E-state index in [4.69, 9.17) is 0 Å². The summed E-state index contributed by atoms with van der Waals surface area (Å²) >= 11 is 0. The first-order valence-electron chi connectivity index (χ1n) is 7.29. The number of nitrogens with one attached hydrogen (secondary N) is 1. The Hall–Kier alpha value is -1.41. The van der Waals surface area contributed by atoms with Gasteiger partial charge in [0.1, 0.15) is 0 Å². The molecule has 2 heterocycles. The third-order valence-electron chi connectivity index (χ3n) is 4.13. The van der Waals surface area contributed by atoms with E-state index in [1.807, 2.05) is 0 Å². The quantitative estimate of drug-likeness (QED) is 0.888. The van der Waals surface area contributed by atoms with Gasteiger partial charge in [0.05, 0.1) is 5.52 Å². The van der Waals surface area contributed by atoms with E-state index < -0.39 is 0 Å². The summed E-state index contributed by atoms with van der Waals surface area (Å²) in [6, 6.07) is 6.76. The van der Waals surface area contributed by atoms with Gasteiger partial charge in [0.15, 0.2) is 0 Å². The second kappa shape index (κ2) is 5.30. The van der Waals surface area contributed by atoms with Crippen LogP contribution in [0.4, 0.5) is 0 Å². The monoisotopic (exact) mass is 254 g/mol. The van der Waals surface area contributed by atoms with Gasteiger partial charge in [0.25, 0.3) is 0 Å². The molecule has 1 aliphatic heterocycles. The molecular formula is C17H22N2. The van der Waals surface area contributed by atoms with Crippen LogP contribution in [0.2, 0.25) is 0 Å². The summed E-state index contributed by atoms with van der Waals surface area (Å²) in [6.07, 6.45) is 5.88. The Balaban J connectivity index is 1.88. The summed E-state index contributed by atoms with van der Waals surface area (Å²) in [6.45, 7) is 6.66. The van der Waals surface area contributed by atoms with Crippen LogP contribution >= 0.6 is 0 Å². The van der Waals surface area contributed by atoms with E-state index in [0.717, 1.165) is 24.4 Å². The highest BCUT2D eigenvalue weighted by Crippen LogP contribution is 2.22. The minimum atomic E-state index is 0.777. The van der Waals surface area contributed by atoms with Gasteiger partial charge in [0.2, 0.25) is 0 Å². The number of aromatic nitrogens is 1. The molecule has 1 fully saturated rings. The minimum Gasteiger partial charge on any atom is -0.316 e. The van der Waals surface area contributed by atoms with Crippen molar-refractivity contribution in [2.24, 2.45) is 5.92 Å².